The first-order valence-corrected chi connectivity index (χ1v) is 9.52. The molecule has 8 heteroatoms. The van der Waals surface area contributed by atoms with Crippen LogP contribution in [0, 0.1) is 0 Å². The lowest BCUT2D eigenvalue weighted by Crippen LogP contribution is -2.41. The smallest absolute Gasteiger partial charge is 0.329 e. The Morgan fingerprint density at radius 2 is 2.04 bits per heavy atom. The number of hydrogen-bond acceptors (Lipinski definition) is 5. The van der Waals surface area contributed by atoms with Crippen molar-refractivity contribution in [1.82, 2.24) is 19.9 Å². The molecule has 0 aliphatic rings. The second-order valence-electron chi connectivity index (χ2n) is 7.00. The minimum absolute atomic E-state index is 0.0334. The van der Waals surface area contributed by atoms with E-state index in [2.05, 4.69) is 22.2 Å². The maximum Gasteiger partial charge on any atom is 0.329 e. The van der Waals surface area contributed by atoms with Crippen LogP contribution in [-0.2, 0) is 6.54 Å². The molecule has 2 rings (SSSR count). The van der Waals surface area contributed by atoms with E-state index in [1.54, 1.807) is 13.0 Å². The molecule has 0 saturated carbocycles. The zero-order chi connectivity index (χ0) is 20.1. The number of rotatable bonds is 8. The Morgan fingerprint density at radius 1 is 1.33 bits per heavy atom. The van der Waals surface area contributed by atoms with Crippen molar-refractivity contribution in [3.05, 3.63) is 38.2 Å². The molecule has 2 heterocycles. The SMILES string of the molecule is CCCCC(CN)NC(=O)c1cc(C(C)C)nc2c1c(=O)[nH]c(=O)n2CC. The Labute approximate surface area is 158 Å². The van der Waals surface area contributed by atoms with Crippen molar-refractivity contribution in [2.24, 2.45) is 5.73 Å². The monoisotopic (exact) mass is 375 g/mol. The van der Waals surface area contributed by atoms with Crippen molar-refractivity contribution >= 4 is 16.9 Å². The standard InChI is InChI=1S/C19H29N5O3/c1-5-7-8-12(10-20)21-17(25)13-9-14(11(3)4)22-16-15(13)18(26)23-19(27)24(16)6-2/h9,11-12H,5-8,10,20H2,1-4H3,(H,21,25)(H,23,26,27). The average Bonchev–Trinajstić information content (AvgIpc) is 2.64. The Morgan fingerprint density at radius 3 is 2.59 bits per heavy atom. The lowest BCUT2D eigenvalue weighted by Gasteiger charge is -2.18. The second kappa shape index (κ2) is 8.94. The van der Waals surface area contributed by atoms with Gasteiger partial charge >= 0.3 is 5.69 Å². The van der Waals surface area contributed by atoms with Gasteiger partial charge < -0.3 is 11.1 Å². The summed E-state index contributed by atoms with van der Waals surface area (Å²) in [6.07, 6.45) is 2.73. The fourth-order valence-electron chi connectivity index (χ4n) is 3.02. The summed E-state index contributed by atoms with van der Waals surface area (Å²) in [5.74, 6) is -0.339. The Bertz CT molecular complexity index is 929. The van der Waals surface area contributed by atoms with Crippen LogP contribution in [0.1, 0.15) is 68.9 Å². The predicted molar refractivity (Wildman–Crippen MR) is 106 cm³/mol. The van der Waals surface area contributed by atoms with Crippen molar-refractivity contribution < 1.29 is 4.79 Å². The molecule has 4 N–H and O–H groups in total. The number of aromatic amines is 1. The third kappa shape index (κ3) is 4.44. The van der Waals surface area contributed by atoms with Gasteiger partial charge in [-0.15, -0.1) is 0 Å². The van der Waals surface area contributed by atoms with E-state index in [1.807, 2.05) is 13.8 Å². The highest BCUT2D eigenvalue weighted by Crippen LogP contribution is 2.20. The first-order valence-electron chi connectivity index (χ1n) is 9.52. The summed E-state index contributed by atoms with van der Waals surface area (Å²) in [4.78, 5) is 44.4. The number of aryl methyl sites for hydroxylation is 1. The number of H-pyrrole nitrogens is 1. The number of nitrogens with one attached hydrogen (secondary N) is 2. The topological polar surface area (TPSA) is 123 Å². The van der Waals surface area contributed by atoms with Crippen molar-refractivity contribution in [3.8, 4) is 0 Å². The molecule has 1 amide bonds. The highest BCUT2D eigenvalue weighted by molar-refractivity contribution is 6.05. The number of aromatic nitrogens is 3. The van der Waals surface area contributed by atoms with Gasteiger partial charge in [-0.1, -0.05) is 33.6 Å². The highest BCUT2D eigenvalue weighted by atomic mass is 16.2. The number of carbonyl (C=O) groups excluding carboxylic acids is 1. The molecule has 8 nitrogen and oxygen atoms in total. The number of nitrogens with two attached hydrogens (primary N) is 1. The van der Waals surface area contributed by atoms with Gasteiger partial charge in [-0.2, -0.15) is 0 Å². The van der Waals surface area contributed by atoms with Crippen LogP contribution in [0.15, 0.2) is 15.7 Å². The molecule has 1 unspecified atom stereocenters. The Kier molecular flexibility index (Phi) is 6.90. The quantitative estimate of drug-likeness (QED) is 0.645. The van der Waals surface area contributed by atoms with Crippen molar-refractivity contribution in [3.63, 3.8) is 0 Å². The third-order valence-corrected chi connectivity index (χ3v) is 4.65. The zero-order valence-electron chi connectivity index (χ0n) is 16.5. The van der Waals surface area contributed by atoms with Crippen LogP contribution in [0.5, 0.6) is 0 Å². The number of unbranched alkanes of at least 4 members (excludes halogenated alkanes) is 1. The lowest BCUT2D eigenvalue weighted by atomic mass is 10.0. The normalized spacial score (nSPS) is 12.5. The van der Waals surface area contributed by atoms with Gasteiger partial charge in [0.25, 0.3) is 11.5 Å². The first-order chi connectivity index (χ1) is 12.8. The van der Waals surface area contributed by atoms with E-state index in [0.29, 0.717) is 18.8 Å². The molecule has 0 fully saturated rings. The molecule has 0 spiro atoms. The summed E-state index contributed by atoms with van der Waals surface area (Å²) in [5.41, 5.74) is 5.76. The molecule has 148 valence electrons. The van der Waals surface area contributed by atoms with Gasteiger partial charge in [-0.25, -0.2) is 9.78 Å². The zero-order valence-corrected chi connectivity index (χ0v) is 16.5. The number of fused-ring (bicyclic) bond motifs is 1. The maximum absolute atomic E-state index is 13.0. The number of amides is 1. The lowest BCUT2D eigenvalue weighted by molar-refractivity contribution is 0.0937. The molecule has 2 aromatic rings. The molecule has 0 saturated heterocycles. The second-order valence-corrected chi connectivity index (χ2v) is 7.00. The fraction of sp³-hybridized carbons (Fsp3) is 0.579. The van der Waals surface area contributed by atoms with Crippen molar-refractivity contribution in [1.29, 1.82) is 0 Å². The number of nitrogens with zero attached hydrogens (tertiary/aromatic N) is 2. The molecule has 2 aromatic heterocycles. The summed E-state index contributed by atoms with van der Waals surface area (Å²) in [7, 11) is 0. The Hall–Kier alpha value is -2.48. The van der Waals surface area contributed by atoms with Gasteiger partial charge in [0, 0.05) is 24.8 Å². The average molecular weight is 375 g/mol. The van der Waals surface area contributed by atoms with E-state index in [0.717, 1.165) is 19.3 Å². The van der Waals surface area contributed by atoms with E-state index < -0.39 is 11.2 Å². The molecule has 27 heavy (non-hydrogen) atoms. The molecule has 0 aromatic carbocycles. The summed E-state index contributed by atoms with van der Waals surface area (Å²) in [5, 5.41) is 3.05. The number of hydrogen-bond donors (Lipinski definition) is 3. The fourth-order valence-corrected chi connectivity index (χ4v) is 3.02. The van der Waals surface area contributed by atoms with Crippen LogP contribution >= 0.6 is 0 Å². The predicted octanol–water partition coefficient (Wildman–Crippen LogP) is 1.48. The molecule has 1 atom stereocenters. The van der Waals surface area contributed by atoms with E-state index >= 15 is 0 Å². The summed E-state index contributed by atoms with van der Waals surface area (Å²) < 4.78 is 1.37. The minimum Gasteiger partial charge on any atom is -0.348 e. The van der Waals surface area contributed by atoms with E-state index in [-0.39, 0.29) is 34.5 Å². The van der Waals surface area contributed by atoms with Crippen LogP contribution in [0.25, 0.3) is 11.0 Å². The highest BCUT2D eigenvalue weighted by Gasteiger charge is 2.21. The van der Waals surface area contributed by atoms with Gasteiger partial charge in [-0.3, -0.25) is 19.1 Å². The molecular weight excluding hydrogens is 346 g/mol. The Balaban J connectivity index is 2.65. The van der Waals surface area contributed by atoms with Crippen LogP contribution in [-0.4, -0.2) is 33.0 Å². The van der Waals surface area contributed by atoms with Gasteiger partial charge in [0.05, 0.1) is 10.9 Å². The number of carbonyl (C=O) groups is 1. The van der Waals surface area contributed by atoms with Crippen LogP contribution < -0.4 is 22.3 Å². The largest absolute Gasteiger partial charge is 0.348 e. The van der Waals surface area contributed by atoms with Crippen molar-refractivity contribution in [2.45, 2.75) is 65.5 Å². The molecule has 0 aliphatic heterocycles. The molecule has 0 aliphatic carbocycles. The van der Waals surface area contributed by atoms with Crippen LogP contribution in [0.3, 0.4) is 0 Å². The maximum atomic E-state index is 13.0. The van der Waals surface area contributed by atoms with Crippen LogP contribution in [0.4, 0.5) is 0 Å². The van der Waals surface area contributed by atoms with Crippen molar-refractivity contribution in [2.75, 3.05) is 6.54 Å². The third-order valence-electron chi connectivity index (χ3n) is 4.65. The number of pyridine rings is 1. The molecule has 0 bridgehead atoms. The van der Waals surface area contributed by atoms with Gasteiger partial charge in [0.15, 0.2) is 5.65 Å². The van der Waals surface area contributed by atoms with E-state index in [9.17, 15) is 14.4 Å². The van der Waals surface area contributed by atoms with Crippen LogP contribution in [0.2, 0.25) is 0 Å². The summed E-state index contributed by atoms with van der Waals surface area (Å²) in [6.45, 7) is 8.41. The van der Waals surface area contributed by atoms with Gasteiger partial charge in [0.1, 0.15) is 0 Å². The first kappa shape index (κ1) is 20.8. The van der Waals surface area contributed by atoms with Gasteiger partial charge in [0.2, 0.25) is 0 Å². The van der Waals surface area contributed by atoms with E-state index in [1.165, 1.54) is 4.57 Å². The molecular formula is C19H29N5O3. The minimum atomic E-state index is -0.606. The summed E-state index contributed by atoms with van der Waals surface area (Å²) >= 11 is 0. The molecule has 0 radical (unpaired) electrons. The van der Waals surface area contributed by atoms with Gasteiger partial charge in [-0.05, 0) is 25.3 Å². The van der Waals surface area contributed by atoms with E-state index in [4.69, 9.17) is 5.73 Å². The summed E-state index contributed by atoms with van der Waals surface area (Å²) in [6, 6.07) is 1.47.